The standard InChI is InChI=1S/C20H18Cl2N2O4/c1-4-24-16-6-5-11(21)7-12(16)10(2)18(24)19(25)23-15-9-17(28-3)13(20(26)27)8-14(15)22/h5-9H,4H2,1-3H3,(H,23,25)(H,26,27). The van der Waals surface area contributed by atoms with Crippen LogP contribution in [0.1, 0.15) is 33.3 Å². The first kappa shape index (κ1) is 20.0. The maximum absolute atomic E-state index is 13.1. The van der Waals surface area contributed by atoms with Gasteiger partial charge in [-0.1, -0.05) is 23.2 Å². The Morgan fingerprint density at radius 2 is 1.93 bits per heavy atom. The molecule has 0 aliphatic heterocycles. The van der Waals surface area contributed by atoms with Crippen LogP contribution in [-0.4, -0.2) is 28.7 Å². The molecule has 1 heterocycles. The molecular weight excluding hydrogens is 403 g/mol. The van der Waals surface area contributed by atoms with Gasteiger partial charge >= 0.3 is 5.97 Å². The average Bonchev–Trinajstić information content (AvgIpc) is 2.94. The van der Waals surface area contributed by atoms with E-state index in [-0.39, 0.29) is 27.9 Å². The van der Waals surface area contributed by atoms with E-state index in [0.29, 0.717) is 17.3 Å². The van der Waals surface area contributed by atoms with E-state index in [0.717, 1.165) is 16.5 Å². The summed E-state index contributed by atoms with van der Waals surface area (Å²) in [5.74, 6) is -1.43. The van der Waals surface area contributed by atoms with E-state index < -0.39 is 5.97 Å². The lowest BCUT2D eigenvalue weighted by Gasteiger charge is -2.13. The molecular formula is C20H18Cl2N2O4. The lowest BCUT2D eigenvalue weighted by atomic mass is 10.1. The van der Waals surface area contributed by atoms with Gasteiger partial charge in [0.05, 0.1) is 17.8 Å². The number of amides is 1. The van der Waals surface area contributed by atoms with Gasteiger partial charge in [-0.2, -0.15) is 0 Å². The third-order valence-electron chi connectivity index (χ3n) is 4.58. The normalized spacial score (nSPS) is 10.9. The number of aromatic nitrogens is 1. The van der Waals surface area contributed by atoms with Crippen molar-refractivity contribution in [3.05, 3.63) is 57.2 Å². The second kappa shape index (κ2) is 7.73. The lowest BCUT2D eigenvalue weighted by Crippen LogP contribution is -2.18. The zero-order chi connectivity index (χ0) is 20.6. The highest BCUT2D eigenvalue weighted by Crippen LogP contribution is 2.33. The van der Waals surface area contributed by atoms with Crippen LogP contribution in [0.3, 0.4) is 0 Å². The number of aryl methyl sites for hydroxylation is 2. The molecule has 28 heavy (non-hydrogen) atoms. The Bertz CT molecular complexity index is 1110. The molecule has 0 unspecified atom stereocenters. The van der Waals surface area contributed by atoms with Crippen LogP contribution in [-0.2, 0) is 6.54 Å². The zero-order valence-electron chi connectivity index (χ0n) is 15.5. The van der Waals surface area contributed by atoms with Crippen molar-refractivity contribution in [3.63, 3.8) is 0 Å². The van der Waals surface area contributed by atoms with Gasteiger partial charge < -0.3 is 19.7 Å². The van der Waals surface area contributed by atoms with Gasteiger partial charge in [-0.3, -0.25) is 4.79 Å². The van der Waals surface area contributed by atoms with Crippen LogP contribution < -0.4 is 10.1 Å². The van der Waals surface area contributed by atoms with Gasteiger partial charge in [-0.15, -0.1) is 0 Å². The highest BCUT2D eigenvalue weighted by atomic mass is 35.5. The molecule has 0 aliphatic carbocycles. The lowest BCUT2D eigenvalue weighted by molar-refractivity contribution is 0.0693. The molecule has 0 spiro atoms. The van der Waals surface area contributed by atoms with Gasteiger partial charge in [-0.25, -0.2) is 4.79 Å². The van der Waals surface area contributed by atoms with Crippen LogP contribution in [0.5, 0.6) is 5.75 Å². The number of nitrogens with zero attached hydrogens (tertiary/aromatic N) is 1. The summed E-state index contributed by atoms with van der Waals surface area (Å²) in [6.07, 6.45) is 0. The summed E-state index contributed by atoms with van der Waals surface area (Å²) in [6.45, 7) is 4.39. The molecule has 0 atom stereocenters. The molecule has 3 rings (SSSR count). The number of fused-ring (bicyclic) bond motifs is 1. The fraction of sp³-hybridized carbons (Fsp3) is 0.200. The van der Waals surface area contributed by atoms with E-state index in [4.69, 9.17) is 27.9 Å². The van der Waals surface area contributed by atoms with Crippen molar-refractivity contribution >= 4 is 51.7 Å². The summed E-state index contributed by atoms with van der Waals surface area (Å²) in [7, 11) is 1.35. The minimum Gasteiger partial charge on any atom is -0.496 e. The molecule has 1 aromatic heterocycles. The van der Waals surface area contributed by atoms with E-state index in [1.807, 2.05) is 30.5 Å². The largest absolute Gasteiger partial charge is 0.496 e. The molecule has 146 valence electrons. The Balaban J connectivity index is 2.07. The Morgan fingerprint density at radius 3 is 2.54 bits per heavy atom. The zero-order valence-corrected chi connectivity index (χ0v) is 17.0. The number of halogens is 2. The summed E-state index contributed by atoms with van der Waals surface area (Å²) in [6, 6.07) is 8.13. The maximum atomic E-state index is 13.1. The number of aromatic carboxylic acids is 1. The predicted octanol–water partition coefficient (Wildman–Crippen LogP) is 5.24. The van der Waals surface area contributed by atoms with Crippen LogP contribution >= 0.6 is 23.2 Å². The molecule has 0 saturated heterocycles. The molecule has 2 N–H and O–H groups in total. The third-order valence-corrected chi connectivity index (χ3v) is 5.13. The average molecular weight is 421 g/mol. The number of anilines is 1. The molecule has 0 bridgehead atoms. The number of hydrogen-bond donors (Lipinski definition) is 2. The summed E-state index contributed by atoms with van der Waals surface area (Å²) in [4.78, 5) is 24.4. The Hall–Kier alpha value is -2.70. The molecule has 0 aliphatic rings. The second-order valence-corrected chi connectivity index (χ2v) is 7.01. The number of nitrogens with one attached hydrogen (secondary N) is 1. The number of carboxylic acids is 1. The van der Waals surface area contributed by atoms with Crippen LogP contribution in [0.25, 0.3) is 10.9 Å². The molecule has 0 saturated carbocycles. The first-order chi connectivity index (χ1) is 13.3. The number of carboxylic acid groups (broad SMARTS) is 1. The molecule has 3 aromatic rings. The molecule has 0 radical (unpaired) electrons. The van der Waals surface area contributed by atoms with Crippen molar-refractivity contribution in [2.24, 2.45) is 0 Å². The van der Waals surface area contributed by atoms with Crippen molar-refractivity contribution < 1.29 is 19.4 Å². The molecule has 1 amide bonds. The number of carbonyl (C=O) groups excluding carboxylic acids is 1. The molecule has 2 aromatic carbocycles. The first-order valence-electron chi connectivity index (χ1n) is 8.49. The molecule has 8 heteroatoms. The molecule has 6 nitrogen and oxygen atoms in total. The Kier molecular flexibility index (Phi) is 5.54. The van der Waals surface area contributed by atoms with Crippen molar-refractivity contribution in [1.29, 1.82) is 0 Å². The summed E-state index contributed by atoms with van der Waals surface area (Å²) < 4.78 is 7.00. The number of rotatable bonds is 5. The fourth-order valence-corrected chi connectivity index (χ4v) is 3.67. The number of ether oxygens (including phenoxy) is 1. The van der Waals surface area contributed by atoms with E-state index in [1.54, 1.807) is 6.07 Å². The Labute approximate surface area is 171 Å². The van der Waals surface area contributed by atoms with Crippen molar-refractivity contribution in [2.45, 2.75) is 20.4 Å². The smallest absolute Gasteiger partial charge is 0.339 e. The third kappa shape index (κ3) is 3.41. The summed E-state index contributed by atoms with van der Waals surface area (Å²) in [5.41, 5.74) is 2.36. The van der Waals surface area contributed by atoms with E-state index in [2.05, 4.69) is 5.32 Å². The minimum absolute atomic E-state index is 0.0843. The number of methoxy groups -OCH3 is 1. The highest BCUT2D eigenvalue weighted by Gasteiger charge is 2.22. The van der Waals surface area contributed by atoms with E-state index >= 15 is 0 Å². The summed E-state index contributed by atoms with van der Waals surface area (Å²) >= 11 is 12.3. The van der Waals surface area contributed by atoms with Crippen LogP contribution in [0.2, 0.25) is 10.0 Å². The van der Waals surface area contributed by atoms with Gasteiger partial charge in [0.25, 0.3) is 5.91 Å². The van der Waals surface area contributed by atoms with Gasteiger partial charge in [0, 0.05) is 28.5 Å². The van der Waals surface area contributed by atoms with Gasteiger partial charge in [-0.05, 0) is 43.7 Å². The van der Waals surface area contributed by atoms with Crippen LogP contribution in [0.15, 0.2) is 30.3 Å². The number of benzene rings is 2. The van der Waals surface area contributed by atoms with Gasteiger partial charge in [0.2, 0.25) is 0 Å². The topological polar surface area (TPSA) is 80.6 Å². The van der Waals surface area contributed by atoms with Gasteiger partial charge in [0.15, 0.2) is 0 Å². The molecule has 0 fully saturated rings. The maximum Gasteiger partial charge on any atom is 0.339 e. The summed E-state index contributed by atoms with van der Waals surface area (Å²) in [5, 5.41) is 13.6. The highest BCUT2D eigenvalue weighted by molar-refractivity contribution is 6.34. The van der Waals surface area contributed by atoms with Crippen molar-refractivity contribution in [1.82, 2.24) is 4.57 Å². The monoisotopic (exact) mass is 420 g/mol. The first-order valence-corrected chi connectivity index (χ1v) is 9.24. The predicted molar refractivity (Wildman–Crippen MR) is 110 cm³/mol. The second-order valence-electron chi connectivity index (χ2n) is 6.17. The van der Waals surface area contributed by atoms with Crippen molar-refractivity contribution in [2.75, 3.05) is 12.4 Å². The fourth-order valence-electron chi connectivity index (χ4n) is 3.28. The number of carbonyl (C=O) groups is 2. The van der Waals surface area contributed by atoms with E-state index in [9.17, 15) is 14.7 Å². The Morgan fingerprint density at radius 1 is 1.21 bits per heavy atom. The van der Waals surface area contributed by atoms with E-state index in [1.165, 1.54) is 19.2 Å². The SMILES string of the molecule is CCn1c(C(=O)Nc2cc(OC)c(C(=O)O)cc2Cl)c(C)c2cc(Cl)ccc21. The van der Waals surface area contributed by atoms with Crippen LogP contribution in [0.4, 0.5) is 5.69 Å². The van der Waals surface area contributed by atoms with Gasteiger partial charge in [0.1, 0.15) is 17.0 Å². The van der Waals surface area contributed by atoms with Crippen molar-refractivity contribution in [3.8, 4) is 5.75 Å². The van der Waals surface area contributed by atoms with Crippen LogP contribution in [0, 0.1) is 6.92 Å². The minimum atomic E-state index is -1.17. The number of hydrogen-bond acceptors (Lipinski definition) is 3. The quantitative estimate of drug-likeness (QED) is 0.591.